The smallest absolute Gasteiger partial charge is 0.304 e. The van der Waals surface area contributed by atoms with Crippen LogP contribution in [0.4, 0.5) is 0 Å². The normalized spacial score (nSPS) is 22.4. The van der Waals surface area contributed by atoms with Crippen LogP contribution in [0.3, 0.4) is 0 Å². The molecule has 0 amide bonds. The number of hydrogen-bond donors (Lipinski definition) is 1. The third kappa shape index (κ3) is 2.10. The summed E-state index contributed by atoms with van der Waals surface area (Å²) in [7, 11) is 1.55. The zero-order chi connectivity index (χ0) is 13.3. The predicted octanol–water partition coefficient (Wildman–Crippen LogP) is 2.31. The number of ether oxygens (including phenoxy) is 1. The topological polar surface area (TPSA) is 63.6 Å². The molecule has 0 spiro atoms. The highest BCUT2D eigenvalue weighted by Gasteiger charge is 2.40. The molecule has 0 bridgehead atoms. The lowest BCUT2D eigenvalue weighted by atomic mass is 9.70. The largest absolute Gasteiger partial charge is 0.497 e. The van der Waals surface area contributed by atoms with Gasteiger partial charge in [0.1, 0.15) is 5.75 Å². The summed E-state index contributed by atoms with van der Waals surface area (Å²) >= 11 is 0. The van der Waals surface area contributed by atoms with Crippen LogP contribution >= 0.6 is 0 Å². The van der Waals surface area contributed by atoms with Gasteiger partial charge in [0.05, 0.1) is 13.5 Å². The highest BCUT2D eigenvalue weighted by molar-refractivity contribution is 6.04. The summed E-state index contributed by atoms with van der Waals surface area (Å²) in [6.07, 6.45) is 1.19. The van der Waals surface area contributed by atoms with E-state index in [1.807, 2.05) is 12.1 Å². The Kier molecular flexibility index (Phi) is 3.11. The van der Waals surface area contributed by atoms with E-state index in [2.05, 4.69) is 0 Å². The van der Waals surface area contributed by atoms with Gasteiger partial charge in [-0.3, -0.25) is 9.59 Å². The summed E-state index contributed by atoms with van der Waals surface area (Å²) in [5.41, 5.74) is 0.776. The van der Waals surface area contributed by atoms with Gasteiger partial charge in [-0.05, 0) is 30.5 Å². The van der Waals surface area contributed by atoms with Crippen molar-refractivity contribution in [1.82, 2.24) is 0 Å². The van der Waals surface area contributed by atoms with Crippen molar-refractivity contribution in [2.75, 3.05) is 7.11 Å². The average molecular weight is 248 g/mol. The number of rotatable bonds is 3. The second-order valence-electron chi connectivity index (χ2n) is 4.98. The van der Waals surface area contributed by atoms with Crippen LogP contribution < -0.4 is 4.74 Å². The van der Waals surface area contributed by atoms with Gasteiger partial charge >= 0.3 is 5.97 Å². The maximum Gasteiger partial charge on any atom is 0.304 e. The van der Waals surface area contributed by atoms with Gasteiger partial charge in [-0.1, -0.05) is 13.0 Å². The molecular formula is C14H16O4. The van der Waals surface area contributed by atoms with Crippen LogP contribution in [0.15, 0.2) is 18.2 Å². The van der Waals surface area contributed by atoms with E-state index < -0.39 is 11.4 Å². The lowest BCUT2D eigenvalue weighted by molar-refractivity contribution is -0.139. The number of fused-ring (bicyclic) bond motifs is 1. The molecule has 1 aromatic carbocycles. The van der Waals surface area contributed by atoms with Crippen molar-refractivity contribution in [2.45, 2.75) is 26.2 Å². The van der Waals surface area contributed by atoms with Crippen LogP contribution in [0.5, 0.6) is 5.75 Å². The van der Waals surface area contributed by atoms with Crippen molar-refractivity contribution < 1.29 is 19.4 Å². The third-order valence-corrected chi connectivity index (χ3v) is 3.60. The second-order valence-corrected chi connectivity index (χ2v) is 4.98. The number of hydrogen-bond acceptors (Lipinski definition) is 3. The monoisotopic (exact) mass is 248 g/mol. The van der Waals surface area contributed by atoms with Crippen molar-refractivity contribution in [2.24, 2.45) is 5.41 Å². The van der Waals surface area contributed by atoms with E-state index in [9.17, 15) is 9.59 Å². The van der Waals surface area contributed by atoms with Crippen LogP contribution in [0.25, 0.3) is 0 Å². The van der Waals surface area contributed by atoms with Crippen LogP contribution in [0.1, 0.15) is 35.7 Å². The molecule has 1 aromatic rings. The molecule has 0 heterocycles. The van der Waals surface area contributed by atoms with E-state index in [0.717, 1.165) is 12.0 Å². The van der Waals surface area contributed by atoms with Crippen molar-refractivity contribution in [3.05, 3.63) is 29.3 Å². The summed E-state index contributed by atoms with van der Waals surface area (Å²) in [4.78, 5) is 23.3. The van der Waals surface area contributed by atoms with Crippen molar-refractivity contribution >= 4 is 11.8 Å². The van der Waals surface area contributed by atoms with Crippen LogP contribution in [0, 0.1) is 5.41 Å². The zero-order valence-electron chi connectivity index (χ0n) is 10.5. The Hall–Kier alpha value is -1.84. The Balaban J connectivity index is 2.40. The van der Waals surface area contributed by atoms with E-state index in [0.29, 0.717) is 17.7 Å². The first-order valence-corrected chi connectivity index (χ1v) is 5.90. The number of Topliss-reactive ketones (excluding diaryl/α,β-unsaturated/α-hetero) is 1. The second kappa shape index (κ2) is 4.44. The number of carboxylic acid groups (broad SMARTS) is 1. The number of carbonyl (C=O) groups excluding carboxylic acids is 1. The summed E-state index contributed by atoms with van der Waals surface area (Å²) in [5.74, 6) is -0.399. The van der Waals surface area contributed by atoms with Gasteiger partial charge in [0.2, 0.25) is 0 Å². The number of carbonyl (C=O) groups is 2. The number of aliphatic carboxylic acids is 1. The summed E-state index contributed by atoms with van der Waals surface area (Å²) in [6, 6.07) is 5.41. The Morgan fingerprint density at radius 1 is 1.50 bits per heavy atom. The van der Waals surface area contributed by atoms with Crippen LogP contribution in [-0.2, 0) is 11.2 Å². The van der Waals surface area contributed by atoms with Crippen LogP contribution in [0.2, 0.25) is 0 Å². The van der Waals surface area contributed by atoms with Crippen molar-refractivity contribution in [3.63, 3.8) is 0 Å². The fourth-order valence-corrected chi connectivity index (χ4v) is 2.46. The van der Waals surface area contributed by atoms with Gasteiger partial charge < -0.3 is 9.84 Å². The average Bonchev–Trinajstić information content (AvgIpc) is 2.33. The third-order valence-electron chi connectivity index (χ3n) is 3.60. The number of aryl methyl sites for hydroxylation is 1. The predicted molar refractivity (Wildman–Crippen MR) is 66.0 cm³/mol. The lowest BCUT2D eigenvalue weighted by Crippen LogP contribution is -2.35. The Bertz CT molecular complexity index is 507. The summed E-state index contributed by atoms with van der Waals surface area (Å²) in [5, 5.41) is 8.92. The quantitative estimate of drug-likeness (QED) is 0.891. The van der Waals surface area contributed by atoms with E-state index >= 15 is 0 Å². The molecule has 0 saturated heterocycles. The molecule has 96 valence electrons. The number of benzene rings is 1. The van der Waals surface area contributed by atoms with E-state index in [-0.39, 0.29) is 12.2 Å². The minimum atomic E-state index is -0.933. The molecule has 0 aromatic heterocycles. The molecule has 1 unspecified atom stereocenters. The fraction of sp³-hybridized carbons (Fsp3) is 0.429. The molecule has 1 aliphatic carbocycles. The molecule has 1 N–H and O–H groups in total. The molecule has 4 nitrogen and oxygen atoms in total. The first-order chi connectivity index (χ1) is 8.46. The van der Waals surface area contributed by atoms with Gasteiger partial charge in [0.15, 0.2) is 5.78 Å². The molecule has 1 aliphatic rings. The maximum absolute atomic E-state index is 12.4. The van der Waals surface area contributed by atoms with Crippen molar-refractivity contribution in [3.8, 4) is 5.75 Å². The molecule has 4 heteroatoms. The first-order valence-electron chi connectivity index (χ1n) is 5.90. The molecule has 2 rings (SSSR count). The SMILES string of the molecule is COc1ccc2c(c1)C(=O)C(C)(CC(=O)O)CC2. The highest BCUT2D eigenvalue weighted by atomic mass is 16.5. The lowest BCUT2D eigenvalue weighted by Gasteiger charge is -2.32. The molecule has 0 aliphatic heterocycles. The number of methoxy groups -OCH3 is 1. The summed E-state index contributed by atoms with van der Waals surface area (Å²) < 4.78 is 5.11. The van der Waals surface area contributed by atoms with E-state index in [1.54, 1.807) is 20.1 Å². The van der Waals surface area contributed by atoms with Gasteiger partial charge in [-0.2, -0.15) is 0 Å². The molecule has 0 radical (unpaired) electrons. The van der Waals surface area contributed by atoms with E-state index in [1.165, 1.54) is 0 Å². The molecule has 18 heavy (non-hydrogen) atoms. The van der Waals surface area contributed by atoms with Gasteiger partial charge in [0.25, 0.3) is 0 Å². The Labute approximate surface area is 106 Å². The van der Waals surface area contributed by atoms with Crippen molar-refractivity contribution in [1.29, 1.82) is 0 Å². The number of carboxylic acids is 1. The fourth-order valence-electron chi connectivity index (χ4n) is 2.46. The Morgan fingerprint density at radius 2 is 2.22 bits per heavy atom. The number of ketones is 1. The minimum absolute atomic E-state index is 0.0925. The van der Waals surface area contributed by atoms with Gasteiger partial charge in [-0.15, -0.1) is 0 Å². The standard InChI is InChI=1S/C14H16O4/c1-14(8-12(15)16)6-5-9-3-4-10(18-2)7-11(9)13(14)17/h3-4,7H,5-6,8H2,1-2H3,(H,15,16). The molecule has 0 fully saturated rings. The molecule has 1 atom stereocenters. The highest BCUT2D eigenvalue weighted by Crippen LogP contribution is 2.39. The maximum atomic E-state index is 12.4. The molecular weight excluding hydrogens is 232 g/mol. The van der Waals surface area contributed by atoms with E-state index in [4.69, 9.17) is 9.84 Å². The van der Waals surface area contributed by atoms with Gasteiger partial charge in [0, 0.05) is 11.0 Å². The first kappa shape index (κ1) is 12.6. The zero-order valence-corrected chi connectivity index (χ0v) is 10.5. The summed E-state index contributed by atoms with van der Waals surface area (Å²) in [6.45, 7) is 1.73. The Morgan fingerprint density at radius 3 is 2.83 bits per heavy atom. The molecule has 0 saturated carbocycles. The minimum Gasteiger partial charge on any atom is -0.497 e. The van der Waals surface area contributed by atoms with Crippen LogP contribution in [-0.4, -0.2) is 24.0 Å². The van der Waals surface area contributed by atoms with Gasteiger partial charge in [-0.25, -0.2) is 0 Å².